The summed E-state index contributed by atoms with van der Waals surface area (Å²) >= 11 is 4.89. The van der Waals surface area contributed by atoms with Crippen LogP contribution in [0.3, 0.4) is 0 Å². The molecular formula is C8H7O2S. The lowest BCUT2D eigenvalue weighted by Gasteiger charge is -1.97. The molecule has 0 aromatic heterocycles. The largest absolute Gasteiger partial charge is 0.454 e. The van der Waals surface area contributed by atoms with Gasteiger partial charge in [0.2, 0.25) is 6.79 Å². The van der Waals surface area contributed by atoms with Crippen LogP contribution >= 0.6 is 12.6 Å². The molecule has 0 fully saturated rings. The molecule has 3 heteroatoms. The van der Waals surface area contributed by atoms with Crippen LogP contribution in [0.1, 0.15) is 5.56 Å². The first-order chi connectivity index (χ1) is 5.40. The van der Waals surface area contributed by atoms with Crippen LogP contribution in [0.2, 0.25) is 0 Å². The minimum absolute atomic E-state index is 0.330. The van der Waals surface area contributed by atoms with E-state index in [0.29, 0.717) is 12.5 Å². The molecule has 0 N–H and O–H groups in total. The fourth-order valence-electron chi connectivity index (χ4n) is 1.03. The zero-order valence-electron chi connectivity index (χ0n) is 5.87. The summed E-state index contributed by atoms with van der Waals surface area (Å²) in [4.78, 5) is 0. The maximum absolute atomic E-state index is 5.17. The maximum atomic E-state index is 5.17. The first-order valence-corrected chi connectivity index (χ1v) is 3.94. The first kappa shape index (κ1) is 6.85. The molecule has 0 bridgehead atoms. The molecule has 1 radical (unpaired) electrons. The molecule has 0 saturated carbocycles. The maximum Gasteiger partial charge on any atom is 0.231 e. The molecule has 0 atom stereocenters. The van der Waals surface area contributed by atoms with Gasteiger partial charge in [-0.1, -0.05) is 18.7 Å². The highest BCUT2D eigenvalue weighted by molar-refractivity contribution is 7.79. The summed E-state index contributed by atoms with van der Waals surface area (Å²) in [6, 6.07) is 5.78. The Morgan fingerprint density at radius 2 is 2.09 bits per heavy atom. The van der Waals surface area contributed by atoms with E-state index in [-0.39, 0.29) is 0 Å². The molecule has 0 amide bonds. The van der Waals surface area contributed by atoms with Crippen molar-refractivity contribution < 1.29 is 9.47 Å². The standard InChI is InChI=1S/C8H7O2S/c11-4-6-1-2-7-8(3-6)10-5-9-7/h1-3H,4-5H2. The van der Waals surface area contributed by atoms with Gasteiger partial charge in [-0.05, 0) is 17.7 Å². The molecule has 0 spiro atoms. The van der Waals surface area contributed by atoms with E-state index < -0.39 is 0 Å². The van der Waals surface area contributed by atoms with Crippen molar-refractivity contribution in [3.63, 3.8) is 0 Å². The summed E-state index contributed by atoms with van der Waals surface area (Å²) in [6.45, 7) is 0.330. The Morgan fingerprint density at radius 1 is 1.27 bits per heavy atom. The summed E-state index contributed by atoms with van der Waals surface area (Å²) in [5.41, 5.74) is 1.10. The van der Waals surface area contributed by atoms with Gasteiger partial charge in [0.1, 0.15) is 0 Å². The molecule has 0 saturated heterocycles. The van der Waals surface area contributed by atoms with Gasteiger partial charge in [0.15, 0.2) is 11.5 Å². The van der Waals surface area contributed by atoms with E-state index in [9.17, 15) is 0 Å². The van der Waals surface area contributed by atoms with E-state index in [1.54, 1.807) is 0 Å². The zero-order chi connectivity index (χ0) is 7.68. The Labute approximate surface area is 70.5 Å². The second-order valence-corrected chi connectivity index (χ2v) is 2.62. The van der Waals surface area contributed by atoms with Crippen LogP contribution < -0.4 is 9.47 Å². The van der Waals surface area contributed by atoms with Gasteiger partial charge in [-0.15, -0.1) is 0 Å². The number of ether oxygens (including phenoxy) is 2. The lowest BCUT2D eigenvalue weighted by molar-refractivity contribution is 0.174. The summed E-state index contributed by atoms with van der Waals surface area (Å²) < 4.78 is 10.3. The summed E-state index contributed by atoms with van der Waals surface area (Å²) in [5, 5.41) is 0. The van der Waals surface area contributed by atoms with Crippen molar-refractivity contribution in [3.8, 4) is 11.5 Å². The van der Waals surface area contributed by atoms with E-state index in [1.807, 2.05) is 18.2 Å². The second-order valence-electron chi connectivity index (χ2n) is 2.33. The summed E-state index contributed by atoms with van der Waals surface area (Å²) in [7, 11) is 0. The Bertz CT molecular complexity index is 273. The lowest BCUT2D eigenvalue weighted by atomic mass is 10.2. The molecule has 11 heavy (non-hydrogen) atoms. The van der Waals surface area contributed by atoms with Crippen LogP contribution in [-0.4, -0.2) is 6.79 Å². The van der Waals surface area contributed by atoms with Gasteiger partial charge >= 0.3 is 0 Å². The fourth-order valence-corrected chi connectivity index (χ4v) is 1.21. The van der Waals surface area contributed by atoms with E-state index in [1.165, 1.54) is 0 Å². The highest BCUT2D eigenvalue weighted by atomic mass is 32.1. The quantitative estimate of drug-likeness (QED) is 0.637. The van der Waals surface area contributed by atoms with Crippen LogP contribution in [0.5, 0.6) is 11.5 Å². The van der Waals surface area contributed by atoms with E-state index in [4.69, 9.17) is 22.1 Å². The molecule has 1 heterocycles. The second kappa shape index (κ2) is 2.66. The minimum atomic E-state index is 0.330. The van der Waals surface area contributed by atoms with Crippen LogP contribution in [0, 0.1) is 0 Å². The Morgan fingerprint density at radius 3 is 2.91 bits per heavy atom. The normalized spacial score (nSPS) is 13.5. The van der Waals surface area contributed by atoms with Crippen LogP contribution in [0.25, 0.3) is 0 Å². The van der Waals surface area contributed by atoms with Gasteiger partial charge in [-0.3, -0.25) is 0 Å². The smallest absolute Gasteiger partial charge is 0.231 e. The molecule has 0 aliphatic carbocycles. The van der Waals surface area contributed by atoms with Crippen LogP contribution in [-0.2, 0) is 5.75 Å². The SMILES string of the molecule is [S]Cc1ccc2c(c1)OCO2. The molecule has 1 aliphatic heterocycles. The van der Waals surface area contributed by atoms with Crippen molar-refractivity contribution >= 4 is 12.6 Å². The zero-order valence-corrected chi connectivity index (χ0v) is 6.69. The van der Waals surface area contributed by atoms with Gasteiger partial charge in [-0.2, -0.15) is 0 Å². The summed E-state index contributed by atoms with van der Waals surface area (Å²) in [6.07, 6.45) is 0. The molecule has 1 aromatic rings. The number of rotatable bonds is 1. The number of hydrogen-bond donors (Lipinski definition) is 0. The Kier molecular flexibility index (Phi) is 1.66. The molecule has 57 valence electrons. The monoisotopic (exact) mass is 167 g/mol. The molecule has 0 unspecified atom stereocenters. The van der Waals surface area contributed by atoms with Gasteiger partial charge in [0.05, 0.1) is 0 Å². The summed E-state index contributed by atoms with van der Waals surface area (Å²) in [5.74, 6) is 2.25. The Hall–Kier alpha value is -0.830. The van der Waals surface area contributed by atoms with E-state index >= 15 is 0 Å². The third-order valence-corrected chi connectivity index (χ3v) is 1.94. The third-order valence-electron chi connectivity index (χ3n) is 1.60. The molecule has 2 nitrogen and oxygen atoms in total. The average Bonchev–Trinajstić information content (AvgIpc) is 2.50. The fraction of sp³-hybridized carbons (Fsp3) is 0.250. The molecule has 1 aliphatic rings. The van der Waals surface area contributed by atoms with Crippen LogP contribution in [0.4, 0.5) is 0 Å². The van der Waals surface area contributed by atoms with Crippen LogP contribution in [0.15, 0.2) is 18.2 Å². The predicted octanol–water partition coefficient (Wildman–Crippen LogP) is 2.11. The van der Waals surface area contributed by atoms with Crippen molar-refractivity contribution in [2.45, 2.75) is 5.75 Å². The van der Waals surface area contributed by atoms with Gasteiger partial charge < -0.3 is 9.47 Å². The predicted molar refractivity (Wildman–Crippen MR) is 43.9 cm³/mol. The third kappa shape index (κ3) is 1.16. The van der Waals surface area contributed by atoms with E-state index in [0.717, 1.165) is 17.1 Å². The Balaban J connectivity index is 2.41. The number of fused-ring (bicyclic) bond motifs is 1. The topological polar surface area (TPSA) is 18.5 Å². The highest BCUT2D eigenvalue weighted by Crippen LogP contribution is 2.32. The van der Waals surface area contributed by atoms with Gasteiger partial charge in [0, 0.05) is 5.75 Å². The van der Waals surface area contributed by atoms with Gasteiger partial charge in [0.25, 0.3) is 0 Å². The highest BCUT2D eigenvalue weighted by Gasteiger charge is 2.12. The van der Waals surface area contributed by atoms with E-state index in [2.05, 4.69) is 0 Å². The lowest BCUT2D eigenvalue weighted by Crippen LogP contribution is -1.92. The van der Waals surface area contributed by atoms with Crippen molar-refractivity contribution in [1.29, 1.82) is 0 Å². The average molecular weight is 167 g/mol. The molecule has 1 aromatic carbocycles. The minimum Gasteiger partial charge on any atom is -0.454 e. The number of benzene rings is 1. The van der Waals surface area contributed by atoms with Crippen molar-refractivity contribution in [2.24, 2.45) is 0 Å². The van der Waals surface area contributed by atoms with Crippen molar-refractivity contribution in [2.75, 3.05) is 6.79 Å². The van der Waals surface area contributed by atoms with Crippen molar-refractivity contribution in [1.82, 2.24) is 0 Å². The number of hydrogen-bond acceptors (Lipinski definition) is 2. The van der Waals surface area contributed by atoms with Crippen molar-refractivity contribution in [3.05, 3.63) is 23.8 Å². The van der Waals surface area contributed by atoms with Gasteiger partial charge in [-0.25, -0.2) is 0 Å². The first-order valence-electron chi connectivity index (χ1n) is 3.37. The molecular weight excluding hydrogens is 160 g/mol. The molecule has 2 rings (SSSR count).